The summed E-state index contributed by atoms with van der Waals surface area (Å²) in [5.41, 5.74) is 1.71. The van der Waals surface area contributed by atoms with Gasteiger partial charge in [0, 0.05) is 36.0 Å². The Morgan fingerprint density at radius 2 is 1.41 bits per heavy atom. The number of carbonyl (C=O) groups is 1. The Hall–Kier alpha value is -3.47. The number of esters is 1. The second-order valence-corrected chi connectivity index (χ2v) is 20.3. The third-order valence-electron chi connectivity index (χ3n) is 12.5. The molecular formula is C48H76N6O2. The average Bonchev–Trinajstić information content (AvgIpc) is 3.69. The minimum absolute atomic E-state index is 0.0660. The molecule has 1 aliphatic heterocycles. The molecule has 8 heteroatoms. The highest BCUT2D eigenvalue weighted by Gasteiger charge is 2.49. The van der Waals surface area contributed by atoms with Crippen LogP contribution in [-0.4, -0.2) is 45.8 Å². The molecule has 1 fully saturated rings. The molecule has 4 unspecified atom stereocenters. The Kier molecular flexibility index (Phi) is 15.2. The number of aromatic nitrogens is 3. The van der Waals surface area contributed by atoms with Gasteiger partial charge in [-0.25, -0.2) is 24.3 Å². The molecule has 0 spiro atoms. The highest BCUT2D eigenvalue weighted by molar-refractivity contribution is 6.29. The molecule has 0 amide bonds. The Bertz CT molecular complexity index is 1670. The molecule has 0 bridgehead atoms. The van der Waals surface area contributed by atoms with Gasteiger partial charge < -0.3 is 9.64 Å². The second kappa shape index (κ2) is 18.9. The molecule has 8 nitrogen and oxygen atoms in total. The SMILES string of the molecule is [C-]#[N+]C1=C(C(=O)OC2C(C(C)(C)C)CC(C)CC2C(C)(C)C)c2nc(C(C)(C)C)nn2C1=Nc1ccc(N(CC(CC)CCCC)CC(CC)CCCC)cc1. The number of benzene rings is 1. The summed E-state index contributed by atoms with van der Waals surface area (Å²) in [7, 11) is 0. The summed E-state index contributed by atoms with van der Waals surface area (Å²) in [6, 6.07) is 8.44. The van der Waals surface area contributed by atoms with Gasteiger partial charge in [0.05, 0.1) is 12.3 Å². The van der Waals surface area contributed by atoms with Gasteiger partial charge in [-0.05, 0) is 78.5 Å². The zero-order valence-corrected chi connectivity index (χ0v) is 37.8. The lowest BCUT2D eigenvalue weighted by Gasteiger charge is -2.50. The Morgan fingerprint density at radius 3 is 1.84 bits per heavy atom. The molecule has 1 aromatic carbocycles. The van der Waals surface area contributed by atoms with Crippen LogP contribution in [0.4, 0.5) is 11.4 Å². The van der Waals surface area contributed by atoms with Crippen molar-refractivity contribution in [3.63, 3.8) is 0 Å². The van der Waals surface area contributed by atoms with Crippen molar-refractivity contribution in [3.8, 4) is 0 Å². The molecule has 310 valence electrons. The van der Waals surface area contributed by atoms with Crippen molar-refractivity contribution in [2.24, 2.45) is 45.4 Å². The van der Waals surface area contributed by atoms with Crippen LogP contribution in [0.25, 0.3) is 10.4 Å². The van der Waals surface area contributed by atoms with Crippen molar-refractivity contribution in [2.75, 3.05) is 18.0 Å². The maximum absolute atomic E-state index is 14.6. The number of anilines is 1. The van der Waals surface area contributed by atoms with Crippen molar-refractivity contribution < 1.29 is 9.53 Å². The molecule has 0 N–H and O–H groups in total. The second-order valence-electron chi connectivity index (χ2n) is 20.3. The number of fused-ring (bicyclic) bond motifs is 1. The molecule has 0 radical (unpaired) electrons. The van der Waals surface area contributed by atoms with Gasteiger partial charge in [0.2, 0.25) is 5.70 Å². The van der Waals surface area contributed by atoms with Crippen LogP contribution in [0.5, 0.6) is 0 Å². The van der Waals surface area contributed by atoms with Crippen LogP contribution < -0.4 is 4.90 Å². The van der Waals surface area contributed by atoms with Crippen LogP contribution in [0.1, 0.15) is 173 Å². The molecule has 1 aromatic heterocycles. The largest absolute Gasteiger partial charge is 0.459 e. The van der Waals surface area contributed by atoms with E-state index in [-0.39, 0.29) is 45.5 Å². The standard InChI is InChI=1S/C48H76N6O2/c1-16-20-22-33(18-3)30-53(31-34(19-4)23-21-17-2)36-26-24-35(25-27-36)50-43-40(49-15)39(42-51-45(48(12,13)14)52-54(42)43)44(55)56-41-37(46(6,7)8)28-32(5)29-38(41)47(9,10)11/h24-27,32-34,37-38,41H,16-23,28-31H2,1-14H3. The number of unbranched alkanes of at least 4 members (excludes halogenated alkanes) is 2. The van der Waals surface area contributed by atoms with Gasteiger partial charge in [0.15, 0.2) is 17.5 Å². The van der Waals surface area contributed by atoms with E-state index in [0.717, 1.165) is 25.9 Å². The van der Waals surface area contributed by atoms with Gasteiger partial charge in [-0.2, -0.15) is 0 Å². The number of ether oxygens (including phenoxy) is 1. The monoisotopic (exact) mass is 769 g/mol. The predicted molar refractivity (Wildman–Crippen MR) is 234 cm³/mol. The number of rotatable bonds is 16. The highest BCUT2D eigenvalue weighted by atomic mass is 16.5. The summed E-state index contributed by atoms with van der Waals surface area (Å²) < 4.78 is 8.28. The maximum atomic E-state index is 14.6. The van der Waals surface area contributed by atoms with E-state index >= 15 is 0 Å². The summed E-state index contributed by atoms with van der Waals surface area (Å²) in [5.74, 6) is 2.92. The van der Waals surface area contributed by atoms with Crippen molar-refractivity contribution in [1.82, 2.24) is 14.8 Å². The van der Waals surface area contributed by atoms with Crippen LogP contribution in [0.3, 0.4) is 0 Å². The van der Waals surface area contributed by atoms with E-state index in [9.17, 15) is 4.79 Å². The molecule has 1 saturated carbocycles. The fraction of sp³-hybridized carbons (Fsp3) is 0.729. The van der Waals surface area contributed by atoms with Crippen molar-refractivity contribution in [3.05, 3.63) is 53.0 Å². The number of aliphatic imine (C=N–C) groups is 1. The van der Waals surface area contributed by atoms with Crippen molar-refractivity contribution in [2.45, 2.75) is 173 Å². The van der Waals surface area contributed by atoms with Crippen LogP contribution in [-0.2, 0) is 14.9 Å². The fourth-order valence-corrected chi connectivity index (χ4v) is 8.81. The lowest BCUT2D eigenvalue weighted by Crippen LogP contribution is -2.49. The maximum Gasteiger partial charge on any atom is 0.331 e. The molecule has 56 heavy (non-hydrogen) atoms. The molecule has 4 rings (SSSR count). The minimum atomic E-state index is -0.508. The smallest absolute Gasteiger partial charge is 0.331 e. The Balaban J connectivity index is 1.77. The van der Waals surface area contributed by atoms with Gasteiger partial charge in [0.1, 0.15) is 11.7 Å². The first kappa shape index (κ1) is 45.2. The first-order valence-electron chi connectivity index (χ1n) is 22.0. The first-order chi connectivity index (χ1) is 26.3. The predicted octanol–water partition coefficient (Wildman–Crippen LogP) is 12.7. The minimum Gasteiger partial charge on any atom is -0.459 e. The zero-order chi connectivity index (χ0) is 41.6. The number of carbonyl (C=O) groups excluding carboxylic acids is 1. The molecule has 4 atom stereocenters. The summed E-state index contributed by atoms with van der Waals surface area (Å²) in [6.45, 7) is 41.7. The number of hydrogen-bond acceptors (Lipinski definition) is 6. The fourth-order valence-electron chi connectivity index (χ4n) is 8.81. The third kappa shape index (κ3) is 10.9. The first-order valence-corrected chi connectivity index (χ1v) is 22.0. The lowest BCUT2D eigenvalue weighted by molar-refractivity contribution is -0.162. The van der Waals surface area contributed by atoms with E-state index in [4.69, 9.17) is 26.4 Å². The van der Waals surface area contributed by atoms with Crippen LogP contribution in [0.2, 0.25) is 0 Å². The van der Waals surface area contributed by atoms with Crippen molar-refractivity contribution in [1.29, 1.82) is 0 Å². The van der Waals surface area contributed by atoms with E-state index < -0.39 is 5.97 Å². The topological polar surface area (TPSA) is 77.0 Å². The summed E-state index contributed by atoms with van der Waals surface area (Å²) in [6.07, 6.45) is 11.5. The number of hydrogen-bond donors (Lipinski definition) is 0. The molecule has 2 aromatic rings. The van der Waals surface area contributed by atoms with E-state index in [1.165, 1.54) is 57.1 Å². The van der Waals surface area contributed by atoms with E-state index in [0.29, 0.717) is 40.9 Å². The quantitative estimate of drug-likeness (QED) is 0.126. The molecule has 0 saturated heterocycles. The van der Waals surface area contributed by atoms with E-state index in [2.05, 4.69) is 119 Å². The zero-order valence-electron chi connectivity index (χ0n) is 37.8. The van der Waals surface area contributed by atoms with Gasteiger partial charge >= 0.3 is 5.97 Å². The van der Waals surface area contributed by atoms with Crippen LogP contribution in [0.15, 0.2) is 35.0 Å². The van der Waals surface area contributed by atoms with Gasteiger partial charge in [0.25, 0.3) is 0 Å². The molecular weight excluding hydrogens is 693 g/mol. The highest BCUT2D eigenvalue weighted by Crippen LogP contribution is 2.50. The van der Waals surface area contributed by atoms with Crippen molar-refractivity contribution >= 4 is 28.8 Å². The lowest BCUT2D eigenvalue weighted by atomic mass is 9.59. The van der Waals surface area contributed by atoms with Gasteiger partial charge in [-0.1, -0.05) is 135 Å². The molecule has 1 aliphatic carbocycles. The summed E-state index contributed by atoms with van der Waals surface area (Å²) in [4.78, 5) is 31.2. The van der Waals surface area contributed by atoms with Crippen LogP contribution >= 0.6 is 0 Å². The Labute approximate surface area is 341 Å². The third-order valence-corrected chi connectivity index (χ3v) is 12.5. The number of allylic oxidation sites excluding steroid dienone is 1. The van der Waals surface area contributed by atoms with E-state index in [1.807, 2.05) is 12.1 Å². The summed E-state index contributed by atoms with van der Waals surface area (Å²) >= 11 is 0. The summed E-state index contributed by atoms with van der Waals surface area (Å²) in [5, 5.41) is 4.89. The van der Waals surface area contributed by atoms with Gasteiger partial charge in [-0.15, -0.1) is 5.10 Å². The molecule has 2 heterocycles. The average molecular weight is 769 g/mol. The Morgan fingerprint density at radius 1 is 0.893 bits per heavy atom. The van der Waals surface area contributed by atoms with E-state index in [1.54, 1.807) is 4.68 Å². The van der Waals surface area contributed by atoms with Gasteiger partial charge in [-0.3, -0.25) is 0 Å². The van der Waals surface area contributed by atoms with Crippen LogP contribution in [0, 0.1) is 47.0 Å². The molecule has 2 aliphatic rings. The normalized spacial score (nSPS) is 22.2. The number of nitrogens with zero attached hydrogens (tertiary/aromatic N) is 6.